The number of hydrogen-bond acceptors (Lipinski definition) is 2. The molecule has 0 radical (unpaired) electrons. The fourth-order valence-corrected chi connectivity index (χ4v) is 3.56. The molecule has 1 aromatic rings. The van der Waals surface area contributed by atoms with E-state index in [1.165, 1.54) is 44.5 Å². The Morgan fingerprint density at radius 1 is 0.950 bits per heavy atom. The van der Waals surface area contributed by atoms with Gasteiger partial charge in [0.05, 0.1) is 0 Å². The van der Waals surface area contributed by atoms with E-state index in [0.29, 0.717) is 0 Å². The van der Waals surface area contributed by atoms with Gasteiger partial charge in [0.1, 0.15) is 0 Å². The molecule has 0 bridgehead atoms. The van der Waals surface area contributed by atoms with Crippen molar-refractivity contribution >= 4 is 36.2 Å². The lowest BCUT2D eigenvalue weighted by Crippen LogP contribution is -2.35. The first-order valence-corrected chi connectivity index (χ1v) is 7.49. The van der Waals surface area contributed by atoms with Crippen molar-refractivity contribution in [1.29, 1.82) is 0 Å². The number of rotatable bonds is 3. The van der Waals surface area contributed by atoms with Crippen LogP contribution in [0.25, 0.3) is 0 Å². The van der Waals surface area contributed by atoms with Gasteiger partial charge in [-0.05, 0) is 62.8 Å². The topological polar surface area (TPSA) is 6.48 Å². The predicted octanol–water partition coefficient (Wildman–Crippen LogP) is 4.08. The quantitative estimate of drug-likeness (QED) is 0.829. The van der Waals surface area contributed by atoms with Crippen LogP contribution >= 0.6 is 24.8 Å². The van der Waals surface area contributed by atoms with Crippen LogP contribution in [0.1, 0.15) is 37.8 Å². The number of aryl methyl sites for hydroxylation is 2. The van der Waals surface area contributed by atoms with Crippen molar-refractivity contribution in [2.24, 2.45) is 0 Å². The molecule has 0 unspecified atom stereocenters. The summed E-state index contributed by atoms with van der Waals surface area (Å²) in [6, 6.07) is 4.90. The minimum Gasteiger partial charge on any atom is -0.372 e. The Bertz CT molecular complexity index is 413. The van der Waals surface area contributed by atoms with E-state index in [-0.39, 0.29) is 24.8 Å². The van der Waals surface area contributed by atoms with E-state index in [1.54, 1.807) is 16.8 Å². The Balaban J connectivity index is 0.000001000. The molecule has 2 aliphatic heterocycles. The number of nitrogens with zero attached hydrogens (tertiary/aromatic N) is 2. The van der Waals surface area contributed by atoms with Crippen LogP contribution in [0.2, 0.25) is 0 Å². The Morgan fingerprint density at radius 2 is 1.45 bits per heavy atom. The molecule has 3 rings (SSSR count). The largest absolute Gasteiger partial charge is 0.372 e. The van der Waals surface area contributed by atoms with Crippen molar-refractivity contribution in [3.05, 3.63) is 23.3 Å². The lowest BCUT2D eigenvalue weighted by atomic mass is 9.91. The molecule has 0 saturated carbocycles. The standard InChI is InChI=1S/C16H24N2.2ClH/c1-3-17(4-2)15-11-13-7-5-9-18-10-6-8-14(12-15)16(13)18;;/h11-12H,3-10H2,1-2H3;2*1H. The summed E-state index contributed by atoms with van der Waals surface area (Å²) in [7, 11) is 0. The highest BCUT2D eigenvalue weighted by atomic mass is 35.5. The third-order valence-corrected chi connectivity index (χ3v) is 4.45. The van der Waals surface area contributed by atoms with Crippen LogP contribution in [0.15, 0.2) is 12.1 Å². The van der Waals surface area contributed by atoms with Gasteiger partial charge in [-0.3, -0.25) is 0 Å². The maximum absolute atomic E-state index is 2.61. The molecule has 1 aromatic carbocycles. The summed E-state index contributed by atoms with van der Waals surface area (Å²) in [6.07, 6.45) is 5.20. The molecule has 0 N–H and O–H groups in total. The normalized spacial score (nSPS) is 15.8. The summed E-state index contributed by atoms with van der Waals surface area (Å²) in [4.78, 5) is 5.09. The van der Waals surface area contributed by atoms with Gasteiger partial charge >= 0.3 is 0 Å². The molecule has 0 aromatic heterocycles. The Hall–Kier alpha value is -0.600. The minimum absolute atomic E-state index is 0. The molecular weight excluding hydrogens is 291 g/mol. The van der Waals surface area contributed by atoms with Gasteiger partial charge in [0.2, 0.25) is 0 Å². The first-order chi connectivity index (χ1) is 8.83. The SMILES string of the molecule is CCN(CC)c1cc2c3c(c1)CCCN3CCC2.Cl.Cl. The molecule has 0 saturated heterocycles. The number of halogens is 2. The molecule has 20 heavy (non-hydrogen) atoms. The fraction of sp³-hybridized carbons (Fsp3) is 0.625. The number of anilines is 2. The van der Waals surface area contributed by atoms with Crippen molar-refractivity contribution < 1.29 is 0 Å². The summed E-state index contributed by atoms with van der Waals surface area (Å²) in [5, 5.41) is 0. The van der Waals surface area contributed by atoms with Crippen LogP contribution in [0.4, 0.5) is 11.4 Å². The van der Waals surface area contributed by atoms with Crippen molar-refractivity contribution in [1.82, 2.24) is 0 Å². The summed E-state index contributed by atoms with van der Waals surface area (Å²) in [6.45, 7) is 9.26. The number of hydrogen-bond donors (Lipinski definition) is 0. The lowest BCUT2D eigenvalue weighted by Gasteiger charge is -2.38. The van der Waals surface area contributed by atoms with E-state index in [0.717, 1.165) is 13.1 Å². The molecule has 2 aliphatic rings. The van der Waals surface area contributed by atoms with E-state index in [2.05, 4.69) is 35.8 Å². The maximum atomic E-state index is 2.61. The summed E-state index contributed by atoms with van der Waals surface area (Å²) >= 11 is 0. The smallest absolute Gasteiger partial charge is 0.0432 e. The highest BCUT2D eigenvalue weighted by molar-refractivity contribution is 5.85. The summed E-state index contributed by atoms with van der Waals surface area (Å²) < 4.78 is 0. The Morgan fingerprint density at radius 3 is 1.90 bits per heavy atom. The first kappa shape index (κ1) is 17.5. The van der Waals surface area contributed by atoms with Crippen molar-refractivity contribution in [2.75, 3.05) is 36.0 Å². The highest BCUT2D eigenvalue weighted by Gasteiger charge is 2.24. The van der Waals surface area contributed by atoms with E-state index in [1.807, 2.05) is 0 Å². The van der Waals surface area contributed by atoms with Gasteiger partial charge in [0.15, 0.2) is 0 Å². The van der Waals surface area contributed by atoms with E-state index < -0.39 is 0 Å². The van der Waals surface area contributed by atoms with Crippen LogP contribution in [0.3, 0.4) is 0 Å². The maximum Gasteiger partial charge on any atom is 0.0432 e. The van der Waals surface area contributed by atoms with Crippen LogP contribution < -0.4 is 9.80 Å². The average molecular weight is 317 g/mol. The fourth-order valence-electron chi connectivity index (χ4n) is 3.56. The second kappa shape index (κ2) is 7.42. The third kappa shape index (κ3) is 3.01. The van der Waals surface area contributed by atoms with Gasteiger partial charge in [-0.25, -0.2) is 0 Å². The Kier molecular flexibility index (Phi) is 6.47. The van der Waals surface area contributed by atoms with E-state index >= 15 is 0 Å². The molecule has 2 nitrogen and oxygen atoms in total. The summed E-state index contributed by atoms with van der Waals surface area (Å²) in [5.41, 5.74) is 6.22. The van der Waals surface area contributed by atoms with E-state index in [9.17, 15) is 0 Å². The zero-order valence-corrected chi connectivity index (χ0v) is 14.2. The van der Waals surface area contributed by atoms with E-state index in [4.69, 9.17) is 0 Å². The third-order valence-electron chi connectivity index (χ3n) is 4.45. The lowest BCUT2D eigenvalue weighted by molar-refractivity contribution is 0.633. The van der Waals surface area contributed by atoms with Crippen LogP contribution in [-0.2, 0) is 12.8 Å². The molecular formula is C16H26Cl2N2. The van der Waals surface area contributed by atoms with Crippen LogP contribution in [-0.4, -0.2) is 26.2 Å². The zero-order chi connectivity index (χ0) is 12.5. The van der Waals surface area contributed by atoms with Gasteiger partial charge in [-0.15, -0.1) is 24.8 Å². The van der Waals surface area contributed by atoms with Gasteiger partial charge in [-0.1, -0.05) is 0 Å². The molecule has 0 spiro atoms. The number of benzene rings is 1. The van der Waals surface area contributed by atoms with Crippen molar-refractivity contribution in [3.8, 4) is 0 Å². The molecule has 2 heterocycles. The van der Waals surface area contributed by atoms with Gasteiger partial charge in [-0.2, -0.15) is 0 Å². The zero-order valence-electron chi connectivity index (χ0n) is 12.5. The van der Waals surface area contributed by atoms with Crippen LogP contribution in [0, 0.1) is 0 Å². The average Bonchev–Trinajstić information content (AvgIpc) is 2.41. The minimum atomic E-state index is 0. The predicted molar refractivity (Wildman–Crippen MR) is 93.4 cm³/mol. The molecule has 0 atom stereocenters. The van der Waals surface area contributed by atoms with Crippen LogP contribution in [0.5, 0.6) is 0 Å². The second-order valence-electron chi connectivity index (χ2n) is 5.48. The van der Waals surface area contributed by atoms with Gasteiger partial charge in [0.25, 0.3) is 0 Å². The molecule has 0 fully saturated rings. The van der Waals surface area contributed by atoms with Gasteiger partial charge < -0.3 is 9.80 Å². The molecule has 4 heteroatoms. The Labute approximate surface area is 135 Å². The highest BCUT2D eigenvalue weighted by Crippen LogP contribution is 2.38. The summed E-state index contributed by atoms with van der Waals surface area (Å²) in [5.74, 6) is 0. The first-order valence-electron chi connectivity index (χ1n) is 7.49. The molecule has 0 amide bonds. The molecule has 114 valence electrons. The molecule has 0 aliphatic carbocycles. The van der Waals surface area contributed by atoms with Crippen molar-refractivity contribution in [2.45, 2.75) is 39.5 Å². The van der Waals surface area contributed by atoms with Gasteiger partial charge in [0, 0.05) is 37.6 Å². The van der Waals surface area contributed by atoms with Crippen molar-refractivity contribution in [3.63, 3.8) is 0 Å². The monoisotopic (exact) mass is 316 g/mol. The second-order valence-corrected chi connectivity index (χ2v) is 5.48.